The largest absolute Gasteiger partial charge is 0.397 e. The van der Waals surface area contributed by atoms with E-state index >= 15 is 0 Å². The fourth-order valence-electron chi connectivity index (χ4n) is 1.22. The Morgan fingerprint density at radius 3 is 2.85 bits per heavy atom. The fourth-order valence-corrected chi connectivity index (χ4v) is 1.88. The maximum atomic E-state index is 8.85. The molecule has 0 fully saturated rings. The molecule has 1 aromatic rings. The third kappa shape index (κ3) is 1.70. The second-order valence-electron chi connectivity index (χ2n) is 3.01. The standard InChI is InChI=1S/C9H12BrN3/c1-3-6(2)13-7(5-11)4-8(12)9(13)10/h4,6H,3,12H2,1-2H3/t6-/m0/s1. The normalized spacial score (nSPS) is 12.5. The number of nitriles is 1. The van der Waals surface area contributed by atoms with Crippen LogP contribution in [-0.4, -0.2) is 4.57 Å². The van der Waals surface area contributed by atoms with E-state index in [-0.39, 0.29) is 0 Å². The number of halogens is 1. The minimum atomic E-state index is 0.293. The van der Waals surface area contributed by atoms with Crippen LogP contribution in [0, 0.1) is 11.3 Å². The predicted molar refractivity (Wildman–Crippen MR) is 56.3 cm³/mol. The Labute approximate surface area is 86.3 Å². The van der Waals surface area contributed by atoms with Crippen molar-refractivity contribution in [3.63, 3.8) is 0 Å². The van der Waals surface area contributed by atoms with E-state index < -0.39 is 0 Å². The van der Waals surface area contributed by atoms with Gasteiger partial charge in [0.25, 0.3) is 0 Å². The zero-order valence-corrected chi connectivity index (χ0v) is 9.30. The van der Waals surface area contributed by atoms with Gasteiger partial charge in [-0.15, -0.1) is 0 Å². The summed E-state index contributed by atoms with van der Waals surface area (Å²) in [5.41, 5.74) is 6.92. The number of aromatic nitrogens is 1. The molecule has 0 unspecified atom stereocenters. The van der Waals surface area contributed by atoms with Gasteiger partial charge in [-0.3, -0.25) is 0 Å². The van der Waals surface area contributed by atoms with Crippen LogP contribution in [0.25, 0.3) is 0 Å². The van der Waals surface area contributed by atoms with Crippen molar-refractivity contribution in [1.29, 1.82) is 5.26 Å². The molecule has 1 atom stereocenters. The summed E-state index contributed by atoms with van der Waals surface area (Å²) in [5, 5.41) is 8.85. The van der Waals surface area contributed by atoms with Crippen LogP contribution >= 0.6 is 15.9 Å². The van der Waals surface area contributed by atoms with Gasteiger partial charge in [-0.1, -0.05) is 6.92 Å². The highest BCUT2D eigenvalue weighted by Crippen LogP contribution is 2.28. The zero-order valence-electron chi connectivity index (χ0n) is 7.71. The molecule has 13 heavy (non-hydrogen) atoms. The lowest BCUT2D eigenvalue weighted by atomic mass is 10.2. The van der Waals surface area contributed by atoms with E-state index in [1.54, 1.807) is 6.07 Å². The van der Waals surface area contributed by atoms with Gasteiger partial charge in [-0.2, -0.15) is 5.26 Å². The molecule has 3 nitrogen and oxygen atoms in total. The Bertz CT molecular complexity index is 348. The highest BCUT2D eigenvalue weighted by Gasteiger charge is 2.14. The van der Waals surface area contributed by atoms with Gasteiger partial charge in [0.2, 0.25) is 0 Å². The van der Waals surface area contributed by atoms with Gasteiger partial charge in [0.05, 0.1) is 5.69 Å². The summed E-state index contributed by atoms with van der Waals surface area (Å²) in [6.07, 6.45) is 0.974. The van der Waals surface area contributed by atoms with Crippen LogP contribution < -0.4 is 5.73 Å². The van der Waals surface area contributed by atoms with Gasteiger partial charge in [0.1, 0.15) is 16.4 Å². The highest BCUT2D eigenvalue weighted by molar-refractivity contribution is 9.10. The maximum Gasteiger partial charge on any atom is 0.123 e. The molecule has 4 heteroatoms. The van der Waals surface area contributed by atoms with E-state index in [0.717, 1.165) is 11.0 Å². The van der Waals surface area contributed by atoms with Crippen LogP contribution in [0.1, 0.15) is 32.0 Å². The number of nitrogens with two attached hydrogens (primary N) is 1. The van der Waals surface area contributed by atoms with Crippen molar-refractivity contribution in [3.05, 3.63) is 16.4 Å². The lowest BCUT2D eigenvalue weighted by molar-refractivity contribution is 0.521. The van der Waals surface area contributed by atoms with Crippen molar-refractivity contribution in [3.8, 4) is 6.07 Å². The third-order valence-electron chi connectivity index (χ3n) is 2.15. The average molecular weight is 242 g/mol. The molecule has 2 N–H and O–H groups in total. The van der Waals surface area contributed by atoms with Gasteiger partial charge >= 0.3 is 0 Å². The van der Waals surface area contributed by atoms with E-state index in [1.165, 1.54) is 0 Å². The molecule has 70 valence electrons. The number of hydrogen-bond acceptors (Lipinski definition) is 2. The summed E-state index contributed by atoms with van der Waals surface area (Å²) >= 11 is 3.37. The van der Waals surface area contributed by atoms with Crippen molar-refractivity contribution < 1.29 is 0 Å². The summed E-state index contributed by atoms with van der Waals surface area (Å²) in [6.45, 7) is 4.14. The zero-order chi connectivity index (χ0) is 10.0. The molecule has 1 heterocycles. The monoisotopic (exact) mass is 241 g/mol. The molecule has 0 aromatic carbocycles. The summed E-state index contributed by atoms with van der Waals surface area (Å²) in [4.78, 5) is 0. The first-order chi connectivity index (χ1) is 6.11. The summed E-state index contributed by atoms with van der Waals surface area (Å²) in [7, 11) is 0. The molecular weight excluding hydrogens is 230 g/mol. The van der Waals surface area contributed by atoms with Crippen LogP contribution in [-0.2, 0) is 0 Å². The first kappa shape index (κ1) is 10.1. The molecule has 0 saturated heterocycles. The smallest absolute Gasteiger partial charge is 0.123 e. The second kappa shape index (κ2) is 3.84. The minimum absolute atomic E-state index is 0.293. The number of anilines is 1. The van der Waals surface area contributed by atoms with Gasteiger partial charge < -0.3 is 10.3 Å². The Kier molecular flexibility index (Phi) is 2.99. The summed E-state index contributed by atoms with van der Waals surface area (Å²) < 4.78 is 2.72. The number of nitrogen functional groups attached to an aromatic ring is 1. The topological polar surface area (TPSA) is 54.7 Å². The quantitative estimate of drug-likeness (QED) is 0.866. The van der Waals surface area contributed by atoms with Crippen LogP contribution in [0.15, 0.2) is 10.7 Å². The third-order valence-corrected chi connectivity index (χ3v) is 2.99. The van der Waals surface area contributed by atoms with E-state index in [4.69, 9.17) is 11.0 Å². The molecule has 0 aliphatic carbocycles. The molecule has 0 spiro atoms. The van der Waals surface area contributed by atoms with Gasteiger partial charge in [0, 0.05) is 6.04 Å². The van der Waals surface area contributed by atoms with Crippen molar-refractivity contribution in [1.82, 2.24) is 4.57 Å². The molecule has 0 bridgehead atoms. The van der Waals surface area contributed by atoms with E-state index in [2.05, 4.69) is 35.8 Å². The van der Waals surface area contributed by atoms with Crippen molar-refractivity contribution in [2.24, 2.45) is 0 Å². The number of rotatable bonds is 2. The molecule has 0 saturated carbocycles. The first-order valence-electron chi connectivity index (χ1n) is 4.18. The van der Waals surface area contributed by atoms with Crippen LogP contribution in [0.3, 0.4) is 0 Å². The van der Waals surface area contributed by atoms with Gasteiger partial charge in [0.15, 0.2) is 0 Å². The summed E-state index contributed by atoms with van der Waals surface area (Å²) in [6, 6.07) is 4.11. The minimum Gasteiger partial charge on any atom is -0.397 e. The SMILES string of the molecule is CC[C@H](C)n1c(C#N)cc(N)c1Br. The molecule has 0 aliphatic heterocycles. The van der Waals surface area contributed by atoms with Crippen molar-refractivity contribution in [2.45, 2.75) is 26.3 Å². The Morgan fingerprint density at radius 1 is 1.77 bits per heavy atom. The van der Waals surface area contributed by atoms with Crippen LogP contribution in [0.5, 0.6) is 0 Å². The predicted octanol–water partition coefficient (Wildman–Crippen LogP) is 2.68. The van der Waals surface area contributed by atoms with Gasteiger partial charge in [-0.25, -0.2) is 0 Å². The molecule has 1 rings (SSSR count). The van der Waals surface area contributed by atoms with E-state index in [9.17, 15) is 0 Å². The molecular formula is C9H12BrN3. The van der Waals surface area contributed by atoms with E-state index in [0.29, 0.717) is 17.4 Å². The Morgan fingerprint density at radius 2 is 2.38 bits per heavy atom. The Balaban J connectivity index is 3.25. The average Bonchev–Trinajstić information content (AvgIpc) is 2.42. The molecule has 1 aromatic heterocycles. The summed E-state index contributed by atoms with van der Waals surface area (Å²) in [5.74, 6) is 0. The van der Waals surface area contributed by atoms with Gasteiger partial charge in [-0.05, 0) is 35.3 Å². The first-order valence-corrected chi connectivity index (χ1v) is 4.97. The second-order valence-corrected chi connectivity index (χ2v) is 3.77. The number of nitrogens with zero attached hydrogens (tertiary/aromatic N) is 2. The lowest BCUT2D eigenvalue weighted by Gasteiger charge is -2.13. The van der Waals surface area contributed by atoms with Crippen LogP contribution in [0.4, 0.5) is 5.69 Å². The fraction of sp³-hybridized carbons (Fsp3) is 0.444. The number of hydrogen-bond donors (Lipinski definition) is 1. The van der Waals surface area contributed by atoms with Crippen molar-refractivity contribution >= 4 is 21.6 Å². The van der Waals surface area contributed by atoms with E-state index in [1.807, 2.05) is 4.57 Å². The lowest BCUT2D eigenvalue weighted by Crippen LogP contribution is -2.06. The maximum absolute atomic E-state index is 8.85. The highest BCUT2D eigenvalue weighted by atomic mass is 79.9. The molecule has 0 radical (unpaired) electrons. The molecule has 0 amide bonds. The van der Waals surface area contributed by atoms with Crippen molar-refractivity contribution in [2.75, 3.05) is 5.73 Å². The Hall–Kier alpha value is -0.950. The van der Waals surface area contributed by atoms with Crippen LogP contribution in [0.2, 0.25) is 0 Å². The molecule has 0 aliphatic rings.